The van der Waals surface area contributed by atoms with Gasteiger partial charge in [-0.2, -0.15) is 11.8 Å². The molecular weight excluding hydrogens is 335 g/mol. The number of aliphatic hydroxyl groups is 1. The van der Waals surface area contributed by atoms with Crippen molar-refractivity contribution in [3.8, 4) is 0 Å². The predicted molar refractivity (Wildman–Crippen MR) is 100 cm³/mol. The number of aliphatic hydroxyl groups excluding tert-OH is 1. The largest absolute Gasteiger partial charge is 0.390 e. The molecule has 0 aromatic heterocycles. The van der Waals surface area contributed by atoms with Crippen molar-refractivity contribution >= 4 is 17.5 Å². The van der Waals surface area contributed by atoms with E-state index in [0.717, 1.165) is 31.3 Å². The van der Waals surface area contributed by atoms with Crippen molar-refractivity contribution in [3.63, 3.8) is 0 Å². The van der Waals surface area contributed by atoms with Crippen LogP contribution in [0.5, 0.6) is 0 Å². The first-order valence-electron chi connectivity index (χ1n) is 9.49. The molecule has 0 saturated heterocycles. The third-order valence-corrected chi connectivity index (χ3v) is 10.2. The van der Waals surface area contributed by atoms with Crippen LogP contribution in [0.4, 0.5) is 4.39 Å². The Labute approximate surface area is 154 Å². The minimum Gasteiger partial charge on any atom is -0.390 e. The molecule has 3 fully saturated rings. The fraction of sp³-hybridized carbons (Fsp3) is 0.762. The Kier molecular flexibility index (Phi) is 3.71. The van der Waals surface area contributed by atoms with Gasteiger partial charge >= 0.3 is 0 Å². The van der Waals surface area contributed by atoms with Gasteiger partial charge in [0.2, 0.25) is 0 Å². The quantitative estimate of drug-likeness (QED) is 0.745. The standard InChI is InChI=1S/C21H29FO2S/c1-18-9-7-14(23)11-13(18)5-6-16-15-8-10-20(3,25-4)19(15,2)12-17(24)21(16,18)22/h7,9,11,15-17,24H,5-6,8,10,12H2,1-4H3/t15-,16-,17-,18-,19-,20+,21?/m0/s1. The zero-order valence-corrected chi connectivity index (χ0v) is 16.5. The van der Waals surface area contributed by atoms with Crippen LogP contribution < -0.4 is 0 Å². The second-order valence-electron chi connectivity index (χ2n) is 9.24. The van der Waals surface area contributed by atoms with E-state index in [2.05, 4.69) is 20.1 Å². The van der Waals surface area contributed by atoms with Gasteiger partial charge in [-0.25, -0.2) is 4.39 Å². The van der Waals surface area contributed by atoms with Gasteiger partial charge in [0.15, 0.2) is 11.5 Å². The van der Waals surface area contributed by atoms with Gasteiger partial charge in [-0.1, -0.05) is 18.6 Å². The smallest absolute Gasteiger partial charge is 0.178 e. The lowest BCUT2D eigenvalue weighted by molar-refractivity contribution is -0.191. The summed E-state index contributed by atoms with van der Waals surface area (Å²) in [6.45, 7) is 6.46. The summed E-state index contributed by atoms with van der Waals surface area (Å²) in [6, 6.07) is 0. The first-order chi connectivity index (χ1) is 11.6. The van der Waals surface area contributed by atoms with E-state index >= 15 is 4.39 Å². The second-order valence-corrected chi connectivity index (χ2v) is 10.5. The Morgan fingerprint density at radius 3 is 2.64 bits per heavy atom. The monoisotopic (exact) mass is 364 g/mol. The summed E-state index contributed by atoms with van der Waals surface area (Å²) in [5.41, 5.74) is -1.71. The molecule has 4 rings (SSSR count). The maximum Gasteiger partial charge on any atom is 0.178 e. The maximum absolute atomic E-state index is 16.8. The summed E-state index contributed by atoms with van der Waals surface area (Å²) in [7, 11) is 0. The van der Waals surface area contributed by atoms with Crippen LogP contribution >= 0.6 is 11.8 Å². The minimum atomic E-state index is -1.68. The molecule has 0 aromatic carbocycles. The Bertz CT molecular complexity index is 687. The summed E-state index contributed by atoms with van der Waals surface area (Å²) >= 11 is 1.88. The first kappa shape index (κ1) is 17.8. The van der Waals surface area contributed by atoms with E-state index in [1.807, 2.05) is 18.7 Å². The van der Waals surface area contributed by atoms with Crippen LogP contribution in [0.2, 0.25) is 0 Å². The fourth-order valence-electron chi connectivity index (χ4n) is 6.75. The zero-order valence-electron chi connectivity index (χ0n) is 15.6. The average molecular weight is 365 g/mol. The highest BCUT2D eigenvalue weighted by Crippen LogP contribution is 2.71. The molecule has 0 radical (unpaired) electrons. The van der Waals surface area contributed by atoms with Crippen LogP contribution in [-0.4, -0.2) is 33.7 Å². The van der Waals surface area contributed by atoms with Crippen molar-refractivity contribution in [1.82, 2.24) is 0 Å². The van der Waals surface area contributed by atoms with E-state index < -0.39 is 17.2 Å². The molecule has 1 N–H and O–H groups in total. The number of halogens is 1. The van der Waals surface area contributed by atoms with Crippen molar-refractivity contribution in [1.29, 1.82) is 0 Å². The third kappa shape index (κ3) is 1.93. The highest BCUT2D eigenvalue weighted by atomic mass is 32.2. The number of allylic oxidation sites excluding steroid dienone is 4. The fourth-order valence-corrected chi connectivity index (χ4v) is 7.77. The number of thioether (sulfide) groups is 1. The van der Waals surface area contributed by atoms with Gasteiger partial charge in [0.25, 0.3) is 0 Å². The number of hydrogen-bond donors (Lipinski definition) is 1. The van der Waals surface area contributed by atoms with Gasteiger partial charge in [-0.3, -0.25) is 4.79 Å². The molecule has 0 aromatic rings. The molecule has 0 amide bonds. The average Bonchev–Trinajstić information content (AvgIpc) is 2.82. The molecule has 0 heterocycles. The van der Waals surface area contributed by atoms with Crippen LogP contribution in [0.1, 0.15) is 52.9 Å². The maximum atomic E-state index is 16.8. The number of carbonyl (C=O) groups excluding carboxylic acids is 1. The SMILES string of the molecule is CS[C@]1(C)CC[C@H]2[C@@H]3CCC4=CC(=O)C=C[C@]4(C)C3(F)[C@@H](O)C[C@@]21C. The van der Waals surface area contributed by atoms with Crippen LogP contribution in [0.25, 0.3) is 0 Å². The topological polar surface area (TPSA) is 37.3 Å². The van der Waals surface area contributed by atoms with Crippen molar-refractivity contribution in [2.75, 3.05) is 6.26 Å². The number of hydrogen-bond acceptors (Lipinski definition) is 3. The van der Waals surface area contributed by atoms with E-state index in [1.54, 1.807) is 12.2 Å². The number of rotatable bonds is 1. The van der Waals surface area contributed by atoms with Crippen molar-refractivity contribution in [2.45, 2.75) is 69.4 Å². The van der Waals surface area contributed by atoms with Crippen molar-refractivity contribution < 1.29 is 14.3 Å². The Morgan fingerprint density at radius 2 is 1.96 bits per heavy atom. The predicted octanol–water partition coefficient (Wildman–Crippen LogP) is 4.48. The first-order valence-corrected chi connectivity index (χ1v) is 10.7. The summed E-state index contributed by atoms with van der Waals surface area (Å²) < 4.78 is 16.9. The van der Waals surface area contributed by atoms with Crippen molar-refractivity contribution in [3.05, 3.63) is 23.8 Å². The molecule has 2 nitrogen and oxygen atoms in total. The van der Waals surface area contributed by atoms with E-state index in [4.69, 9.17) is 0 Å². The lowest BCUT2D eigenvalue weighted by atomic mass is 9.45. The normalized spacial score (nSPS) is 54.6. The van der Waals surface area contributed by atoms with Gasteiger partial charge in [-0.15, -0.1) is 0 Å². The van der Waals surface area contributed by atoms with E-state index in [1.165, 1.54) is 6.08 Å². The molecule has 4 heteroatoms. The van der Waals surface area contributed by atoms with Crippen LogP contribution in [0.3, 0.4) is 0 Å². The zero-order chi connectivity index (χ0) is 18.3. The molecule has 138 valence electrons. The molecule has 3 saturated carbocycles. The number of fused-ring (bicyclic) bond motifs is 5. The van der Waals surface area contributed by atoms with Crippen LogP contribution in [0.15, 0.2) is 23.8 Å². The highest BCUT2D eigenvalue weighted by molar-refractivity contribution is 8.00. The molecule has 1 unspecified atom stereocenters. The van der Waals surface area contributed by atoms with Gasteiger partial charge < -0.3 is 5.11 Å². The minimum absolute atomic E-state index is 0.0438. The molecule has 4 aliphatic carbocycles. The summed E-state index contributed by atoms with van der Waals surface area (Å²) in [6.07, 6.45) is 10.1. The van der Waals surface area contributed by atoms with E-state index in [9.17, 15) is 9.90 Å². The second kappa shape index (κ2) is 5.22. The Morgan fingerprint density at radius 1 is 1.24 bits per heavy atom. The molecule has 7 atom stereocenters. The molecule has 0 aliphatic heterocycles. The van der Waals surface area contributed by atoms with Gasteiger partial charge in [0, 0.05) is 16.1 Å². The summed E-state index contributed by atoms with van der Waals surface area (Å²) in [5, 5.41) is 11.1. The van der Waals surface area contributed by atoms with Crippen molar-refractivity contribution in [2.24, 2.45) is 22.7 Å². The number of alkyl halides is 1. The Hall–Kier alpha value is -0.610. The van der Waals surface area contributed by atoms with Gasteiger partial charge in [0.1, 0.15) is 0 Å². The number of ketones is 1. The van der Waals surface area contributed by atoms with Gasteiger partial charge in [-0.05, 0) is 75.7 Å². The molecular formula is C21H29FO2S. The number of carbonyl (C=O) groups is 1. The third-order valence-electron chi connectivity index (χ3n) is 8.62. The van der Waals surface area contributed by atoms with E-state index in [-0.39, 0.29) is 21.9 Å². The van der Waals surface area contributed by atoms with Crippen LogP contribution in [-0.2, 0) is 4.79 Å². The summed E-state index contributed by atoms with van der Waals surface area (Å²) in [5.74, 6) is 0.0958. The summed E-state index contributed by atoms with van der Waals surface area (Å²) in [4.78, 5) is 11.8. The lowest BCUT2D eigenvalue weighted by Gasteiger charge is -2.63. The van der Waals surface area contributed by atoms with Gasteiger partial charge in [0.05, 0.1) is 6.10 Å². The highest BCUT2D eigenvalue weighted by Gasteiger charge is 2.72. The Balaban J connectivity index is 1.82. The lowest BCUT2D eigenvalue weighted by Crippen LogP contribution is -2.67. The molecule has 0 spiro atoms. The molecule has 0 bridgehead atoms. The molecule has 4 aliphatic rings. The molecule has 25 heavy (non-hydrogen) atoms. The van der Waals surface area contributed by atoms with E-state index in [0.29, 0.717) is 12.3 Å². The van der Waals surface area contributed by atoms with Crippen LogP contribution in [0, 0.1) is 22.7 Å².